The second kappa shape index (κ2) is 7.44. The van der Waals surface area contributed by atoms with E-state index < -0.39 is 10.6 Å². The Balaban J connectivity index is 1.72. The maximum atomic E-state index is 12.3. The normalized spacial score (nSPS) is 17.9. The van der Waals surface area contributed by atoms with Crippen molar-refractivity contribution in [2.75, 3.05) is 0 Å². The predicted octanol–water partition coefficient (Wildman–Crippen LogP) is 4.68. The van der Waals surface area contributed by atoms with Crippen LogP contribution in [0.15, 0.2) is 84.0 Å². The molecule has 0 N–H and O–H groups in total. The molecule has 0 fully saturated rings. The van der Waals surface area contributed by atoms with Crippen LogP contribution in [0.1, 0.15) is 25.0 Å². The van der Waals surface area contributed by atoms with Crippen LogP contribution in [-0.2, 0) is 15.3 Å². The van der Waals surface area contributed by atoms with E-state index in [1.54, 1.807) is 25.1 Å². The van der Waals surface area contributed by atoms with Crippen LogP contribution in [0.4, 0.5) is 5.69 Å². The maximum Gasteiger partial charge on any atom is 0.282 e. The fraction of sp³-hybridized carbons (Fsp3) is 0.130. The maximum absolute atomic E-state index is 12.3. The number of hydrogen-bond acceptors (Lipinski definition) is 5. The summed E-state index contributed by atoms with van der Waals surface area (Å²) in [4.78, 5) is 23.2. The lowest BCUT2D eigenvalue weighted by Gasteiger charge is -2.31. The first-order valence-electron chi connectivity index (χ1n) is 9.38. The summed E-state index contributed by atoms with van der Waals surface area (Å²) in [5.41, 5.74) is 1.66. The van der Waals surface area contributed by atoms with E-state index in [1.165, 1.54) is 18.0 Å². The standard InChI is InChI=1S/C23H19N3O4/c1-16(27)25-23(2,19-14-12-18(13-15-19)17-8-4-3-5-9-17)30-22(24-25)20-10-6-7-11-21(20)26(28)29/h3-15H,1-2H3. The van der Waals surface area contributed by atoms with Gasteiger partial charge in [-0.1, -0.05) is 66.7 Å². The first-order valence-corrected chi connectivity index (χ1v) is 9.38. The van der Waals surface area contributed by atoms with Crippen molar-refractivity contribution in [3.05, 3.63) is 100 Å². The Hall–Kier alpha value is -4.00. The molecule has 150 valence electrons. The van der Waals surface area contributed by atoms with Crippen LogP contribution < -0.4 is 0 Å². The minimum absolute atomic E-state index is 0.0344. The highest BCUT2D eigenvalue weighted by Crippen LogP contribution is 2.38. The average molecular weight is 401 g/mol. The number of para-hydroxylation sites is 1. The molecule has 30 heavy (non-hydrogen) atoms. The lowest BCUT2D eigenvalue weighted by atomic mass is 9.99. The highest BCUT2D eigenvalue weighted by molar-refractivity contribution is 6.00. The molecule has 0 spiro atoms. The summed E-state index contributed by atoms with van der Waals surface area (Å²) in [7, 11) is 0. The number of nitrogens with zero attached hydrogens (tertiary/aromatic N) is 3. The number of nitro groups is 1. The van der Waals surface area contributed by atoms with Crippen LogP contribution in [0.2, 0.25) is 0 Å². The van der Waals surface area contributed by atoms with Gasteiger partial charge in [0.2, 0.25) is 17.5 Å². The van der Waals surface area contributed by atoms with Gasteiger partial charge in [0.15, 0.2) is 0 Å². The van der Waals surface area contributed by atoms with Crippen molar-refractivity contribution in [2.24, 2.45) is 5.10 Å². The monoisotopic (exact) mass is 401 g/mol. The third-order valence-electron chi connectivity index (χ3n) is 5.05. The summed E-state index contributed by atoms with van der Waals surface area (Å²) in [5, 5.41) is 16.9. The molecule has 0 bridgehead atoms. The molecule has 1 unspecified atom stereocenters. The quantitative estimate of drug-likeness (QED) is 0.469. The van der Waals surface area contributed by atoms with Crippen molar-refractivity contribution >= 4 is 17.5 Å². The van der Waals surface area contributed by atoms with Gasteiger partial charge in [-0.25, -0.2) is 0 Å². The topological polar surface area (TPSA) is 85.0 Å². The fourth-order valence-electron chi connectivity index (χ4n) is 3.52. The molecule has 0 aliphatic carbocycles. The van der Waals surface area contributed by atoms with Crippen LogP contribution in [0.3, 0.4) is 0 Å². The number of benzene rings is 3. The van der Waals surface area contributed by atoms with E-state index in [0.29, 0.717) is 5.56 Å². The fourth-order valence-corrected chi connectivity index (χ4v) is 3.52. The number of carbonyl (C=O) groups excluding carboxylic acids is 1. The first kappa shape index (κ1) is 19.3. The van der Waals surface area contributed by atoms with Gasteiger partial charge in [-0.3, -0.25) is 14.9 Å². The number of hydrazone groups is 1. The van der Waals surface area contributed by atoms with E-state index in [-0.39, 0.29) is 23.1 Å². The molecule has 1 aliphatic heterocycles. The lowest BCUT2D eigenvalue weighted by molar-refractivity contribution is -0.385. The van der Waals surface area contributed by atoms with E-state index in [0.717, 1.165) is 11.1 Å². The third kappa shape index (κ3) is 3.30. The van der Waals surface area contributed by atoms with Crippen molar-refractivity contribution in [3.8, 4) is 11.1 Å². The van der Waals surface area contributed by atoms with Crippen LogP contribution in [0.5, 0.6) is 0 Å². The minimum atomic E-state index is -1.22. The second-order valence-corrected chi connectivity index (χ2v) is 7.04. The molecule has 0 radical (unpaired) electrons. The Morgan fingerprint density at radius 2 is 1.57 bits per heavy atom. The molecule has 0 aromatic heterocycles. The Bertz CT molecular complexity index is 1140. The Labute approximate surface area is 173 Å². The van der Waals surface area contributed by atoms with Crippen molar-refractivity contribution in [1.82, 2.24) is 5.01 Å². The molecule has 0 saturated carbocycles. The summed E-state index contributed by atoms with van der Waals surface area (Å²) in [6.45, 7) is 3.10. The average Bonchev–Trinajstić information content (AvgIpc) is 3.13. The van der Waals surface area contributed by atoms with Crippen molar-refractivity contribution in [1.29, 1.82) is 0 Å². The molecule has 3 aromatic rings. The minimum Gasteiger partial charge on any atom is -0.443 e. The van der Waals surface area contributed by atoms with Gasteiger partial charge in [0.1, 0.15) is 5.56 Å². The van der Waals surface area contributed by atoms with Crippen LogP contribution in [0, 0.1) is 10.1 Å². The van der Waals surface area contributed by atoms with E-state index in [9.17, 15) is 14.9 Å². The molecule has 1 amide bonds. The van der Waals surface area contributed by atoms with Crippen LogP contribution >= 0.6 is 0 Å². The number of hydrogen-bond donors (Lipinski definition) is 0. The van der Waals surface area contributed by atoms with Gasteiger partial charge in [0, 0.05) is 25.5 Å². The zero-order valence-electron chi connectivity index (χ0n) is 16.5. The van der Waals surface area contributed by atoms with Gasteiger partial charge in [0.05, 0.1) is 4.92 Å². The number of amides is 1. The van der Waals surface area contributed by atoms with Crippen molar-refractivity contribution in [3.63, 3.8) is 0 Å². The summed E-state index contributed by atoms with van der Waals surface area (Å²) in [6.07, 6.45) is 0. The summed E-state index contributed by atoms with van der Waals surface area (Å²) < 4.78 is 6.08. The zero-order valence-corrected chi connectivity index (χ0v) is 16.5. The third-order valence-corrected chi connectivity index (χ3v) is 5.05. The molecule has 7 nitrogen and oxygen atoms in total. The molecule has 1 aliphatic rings. The highest BCUT2D eigenvalue weighted by Gasteiger charge is 2.46. The lowest BCUT2D eigenvalue weighted by Crippen LogP contribution is -2.41. The van der Waals surface area contributed by atoms with Gasteiger partial charge in [-0.15, -0.1) is 5.10 Å². The van der Waals surface area contributed by atoms with Gasteiger partial charge < -0.3 is 4.74 Å². The number of rotatable bonds is 4. The van der Waals surface area contributed by atoms with Crippen LogP contribution in [0.25, 0.3) is 11.1 Å². The van der Waals surface area contributed by atoms with E-state index >= 15 is 0 Å². The molecular formula is C23H19N3O4. The zero-order chi connectivity index (χ0) is 21.3. The van der Waals surface area contributed by atoms with E-state index in [4.69, 9.17) is 4.74 Å². The summed E-state index contributed by atoms with van der Waals surface area (Å²) in [6, 6.07) is 23.7. The molecule has 0 saturated heterocycles. The molecule has 3 aromatic carbocycles. The number of ether oxygens (including phenoxy) is 1. The van der Waals surface area contributed by atoms with Gasteiger partial charge in [0.25, 0.3) is 5.69 Å². The van der Waals surface area contributed by atoms with Crippen molar-refractivity contribution in [2.45, 2.75) is 19.6 Å². The predicted molar refractivity (Wildman–Crippen MR) is 112 cm³/mol. The molecule has 1 heterocycles. The molecule has 1 atom stereocenters. The van der Waals surface area contributed by atoms with Gasteiger partial charge in [-0.05, 0) is 17.2 Å². The molecular weight excluding hydrogens is 382 g/mol. The SMILES string of the molecule is CC(=O)N1N=C(c2ccccc2[N+](=O)[O-])OC1(C)c1ccc(-c2ccccc2)cc1. The molecule has 4 rings (SSSR count). The number of carbonyl (C=O) groups is 1. The second-order valence-electron chi connectivity index (χ2n) is 7.04. The summed E-state index contributed by atoms with van der Waals surface area (Å²) >= 11 is 0. The van der Waals surface area contributed by atoms with Gasteiger partial charge >= 0.3 is 0 Å². The van der Waals surface area contributed by atoms with Crippen LogP contribution in [-0.4, -0.2) is 21.7 Å². The van der Waals surface area contributed by atoms with Crippen molar-refractivity contribution < 1.29 is 14.5 Å². The highest BCUT2D eigenvalue weighted by atomic mass is 16.6. The van der Waals surface area contributed by atoms with E-state index in [1.807, 2.05) is 54.6 Å². The first-order chi connectivity index (χ1) is 14.4. The Morgan fingerprint density at radius 3 is 2.20 bits per heavy atom. The van der Waals surface area contributed by atoms with E-state index in [2.05, 4.69) is 5.10 Å². The molecule has 7 heteroatoms. The van der Waals surface area contributed by atoms with Gasteiger partial charge in [-0.2, -0.15) is 5.01 Å². The smallest absolute Gasteiger partial charge is 0.282 e. The Kier molecular flexibility index (Phi) is 4.79. The largest absolute Gasteiger partial charge is 0.443 e. The Morgan fingerprint density at radius 1 is 0.967 bits per heavy atom. The summed E-state index contributed by atoms with van der Waals surface area (Å²) in [5.74, 6) is -0.301. The number of nitro benzene ring substituents is 1.